The van der Waals surface area contributed by atoms with Crippen molar-refractivity contribution in [3.8, 4) is 0 Å². The Labute approximate surface area is 151 Å². The third kappa shape index (κ3) is 1.37. The van der Waals surface area contributed by atoms with Crippen molar-refractivity contribution in [1.82, 2.24) is 0 Å². The first-order chi connectivity index (χ1) is 12.5. The number of carbonyl (C=O) groups is 2. The fourth-order valence-electron chi connectivity index (χ4n) is 7.07. The molecule has 6 rings (SSSR count). The first-order valence-electron chi connectivity index (χ1n) is 9.63. The molecule has 5 aliphatic rings. The van der Waals surface area contributed by atoms with Gasteiger partial charge in [0.1, 0.15) is 12.7 Å². The molecule has 3 saturated heterocycles. The number of esters is 2. The van der Waals surface area contributed by atoms with Crippen LogP contribution in [0.1, 0.15) is 50.7 Å². The Morgan fingerprint density at radius 2 is 2.12 bits per heavy atom. The van der Waals surface area contributed by atoms with Crippen LogP contribution in [-0.4, -0.2) is 30.3 Å². The minimum absolute atomic E-state index is 0.0145. The second-order valence-corrected chi connectivity index (χ2v) is 8.83. The maximum atomic E-state index is 13.3. The summed E-state index contributed by atoms with van der Waals surface area (Å²) in [5.74, 6) is -0.113. The molecule has 0 unspecified atom stereocenters. The van der Waals surface area contributed by atoms with Crippen LogP contribution in [0, 0.1) is 22.7 Å². The molecule has 0 aromatic carbocycles. The minimum atomic E-state index is -0.818. The third-order valence-electron chi connectivity index (χ3n) is 8.22. The molecule has 6 nitrogen and oxygen atoms in total. The van der Waals surface area contributed by atoms with E-state index in [4.69, 9.17) is 18.6 Å². The highest BCUT2D eigenvalue weighted by atomic mass is 16.6. The van der Waals surface area contributed by atoms with Crippen molar-refractivity contribution in [2.45, 2.75) is 56.8 Å². The quantitative estimate of drug-likeness (QED) is 0.719. The molecule has 4 heterocycles. The maximum absolute atomic E-state index is 13.3. The van der Waals surface area contributed by atoms with Crippen LogP contribution in [0.3, 0.4) is 0 Å². The molecule has 7 atom stereocenters. The van der Waals surface area contributed by atoms with Gasteiger partial charge in [-0.25, -0.2) is 4.79 Å². The largest absolute Gasteiger partial charge is 0.472 e. The van der Waals surface area contributed by atoms with Crippen LogP contribution in [0.2, 0.25) is 0 Å². The molecule has 1 aromatic rings. The zero-order valence-electron chi connectivity index (χ0n) is 14.7. The Kier molecular flexibility index (Phi) is 2.66. The summed E-state index contributed by atoms with van der Waals surface area (Å²) >= 11 is 0. The number of hydrogen-bond donors (Lipinski definition) is 0. The van der Waals surface area contributed by atoms with Crippen molar-refractivity contribution in [2.24, 2.45) is 22.7 Å². The topological polar surface area (TPSA) is 75.0 Å². The highest BCUT2D eigenvalue weighted by molar-refractivity contribution is 5.87. The Bertz CT molecular complexity index is 801. The summed E-state index contributed by atoms with van der Waals surface area (Å²) in [6, 6.07) is 1.87. The van der Waals surface area contributed by atoms with E-state index >= 15 is 0 Å². The number of ether oxygens (including phenoxy) is 3. The van der Waals surface area contributed by atoms with Gasteiger partial charge in [0.2, 0.25) is 0 Å². The number of rotatable bonds is 1. The average molecular weight is 358 g/mol. The normalized spacial score (nSPS) is 51.4. The molecule has 6 heteroatoms. The van der Waals surface area contributed by atoms with Crippen LogP contribution in [0.5, 0.6) is 0 Å². The van der Waals surface area contributed by atoms with Crippen LogP contribution >= 0.6 is 0 Å². The van der Waals surface area contributed by atoms with Crippen LogP contribution in [0.15, 0.2) is 23.0 Å². The Balaban J connectivity index is 1.47. The third-order valence-corrected chi connectivity index (χ3v) is 8.22. The van der Waals surface area contributed by atoms with E-state index in [1.165, 1.54) is 0 Å². The summed E-state index contributed by atoms with van der Waals surface area (Å²) in [4.78, 5) is 25.8. The predicted molar refractivity (Wildman–Crippen MR) is 86.7 cm³/mol. The van der Waals surface area contributed by atoms with Gasteiger partial charge in [0.05, 0.1) is 29.5 Å². The van der Waals surface area contributed by atoms with Crippen LogP contribution in [-0.2, 0) is 23.8 Å². The van der Waals surface area contributed by atoms with Crippen molar-refractivity contribution in [3.05, 3.63) is 24.2 Å². The molecule has 2 spiro atoms. The van der Waals surface area contributed by atoms with Crippen molar-refractivity contribution in [1.29, 1.82) is 0 Å². The van der Waals surface area contributed by atoms with Crippen molar-refractivity contribution in [3.63, 3.8) is 0 Å². The van der Waals surface area contributed by atoms with Crippen molar-refractivity contribution >= 4 is 11.9 Å². The van der Waals surface area contributed by atoms with Gasteiger partial charge in [-0.3, -0.25) is 4.79 Å². The lowest BCUT2D eigenvalue weighted by molar-refractivity contribution is -0.356. The second kappa shape index (κ2) is 4.53. The first-order valence-corrected chi connectivity index (χ1v) is 9.63. The fourth-order valence-corrected chi connectivity index (χ4v) is 7.07. The van der Waals surface area contributed by atoms with E-state index < -0.39 is 11.0 Å². The van der Waals surface area contributed by atoms with E-state index in [0.29, 0.717) is 19.4 Å². The number of furan rings is 1. The van der Waals surface area contributed by atoms with E-state index in [9.17, 15) is 9.59 Å². The van der Waals surface area contributed by atoms with Gasteiger partial charge in [-0.2, -0.15) is 0 Å². The summed E-state index contributed by atoms with van der Waals surface area (Å²) in [6.45, 7) is 2.53. The number of fused-ring (bicyclic) bond motifs is 1. The lowest BCUT2D eigenvalue weighted by Crippen LogP contribution is -2.79. The number of carbonyl (C=O) groups excluding carboxylic acids is 2. The Morgan fingerprint density at radius 3 is 2.92 bits per heavy atom. The van der Waals surface area contributed by atoms with Crippen LogP contribution in [0.25, 0.3) is 0 Å². The van der Waals surface area contributed by atoms with E-state index in [-0.39, 0.29) is 41.4 Å². The SMILES string of the molecule is C[C@@H]1C[C@H]2O[C@@]34CCC[C@@H]([C@@]15C[C@@H](c1ccoc1)OC5=O)[C@@]23COC4=O. The molecule has 0 amide bonds. The maximum Gasteiger partial charge on any atom is 0.339 e. The molecule has 5 fully saturated rings. The van der Waals surface area contributed by atoms with Crippen LogP contribution in [0.4, 0.5) is 0 Å². The molecular formula is C20H22O6. The molecule has 138 valence electrons. The lowest BCUT2D eigenvalue weighted by atomic mass is 9.39. The monoisotopic (exact) mass is 358 g/mol. The summed E-state index contributed by atoms with van der Waals surface area (Å²) in [5.41, 5.74) is -0.823. The highest BCUT2D eigenvalue weighted by Gasteiger charge is 2.85. The Morgan fingerprint density at radius 1 is 1.23 bits per heavy atom. The summed E-state index contributed by atoms with van der Waals surface area (Å²) in [6.07, 6.45) is 6.96. The lowest BCUT2D eigenvalue weighted by Gasteiger charge is -2.69. The fraction of sp³-hybridized carbons (Fsp3) is 0.700. The van der Waals surface area contributed by atoms with Gasteiger partial charge in [0, 0.05) is 12.0 Å². The van der Waals surface area contributed by atoms with E-state index in [2.05, 4.69) is 6.92 Å². The van der Waals surface area contributed by atoms with Gasteiger partial charge in [0.15, 0.2) is 5.60 Å². The van der Waals surface area contributed by atoms with E-state index in [0.717, 1.165) is 24.8 Å². The van der Waals surface area contributed by atoms with Gasteiger partial charge in [-0.05, 0) is 43.6 Å². The van der Waals surface area contributed by atoms with Gasteiger partial charge < -0.3 is 18.6 Å². The van der Waals surface area contributed by atoms with Crippen LogP contribution < -0.4 is 0 Å². The summed E-state index contributed by atoms with van der Waals surface area (Å²) in [5, 5.41) is 0. The second-order valence-electron chi connectivity index (χ2n) is 8.83. The molecule has 0 bridgehead atoms. The molecule has 1 aromatic heterocycles. The molecule has 0 radical (unpaired) electrons. The molecule has 2 aliphatic carbocycles. The molecule has 2 saturated carbocycles. The highest BCUT2D eigenvalue weighted by Crippen LogP contribution is 2.75. The number of cyclic esters (lactones) is 2. The first kappa shape index (κ1) is 15.3. The molecule has 26 heavy (non-hydrogen) atoms. The van der Waals surface area contributed by atoms with Gasteiger partial charge >= 0.3 is 11.9 Å². The van der Waals surface area contributed by atoms with Gasteiger partial charge in [-0.1, -0.05) is 6.92 Å². The van der Waals surface area contributed by atoms with Crippen molar-refractivity contribution < 1.29 is 28.2 Å². The zero-order valence-corrected chi connectivity index (χ0v) is 14.7. The van der Waals surface area contributed by atoms with Crippen molar-refractivity contribution in [2.75, 3.05) is 6.61 Å². The Hall–Kier alpha value is -1.82. The summed E-state index contributed by atoms with van der Waals surface area (Å²) in [7, 11) is 0. The van der Waals surface area contributed by atoms with E-state index in [1.807, 2.05) is 6.07 Å². The minimum Gasteiger partial charge on any atom is -0.472 e. The summed E-state index contributed by atoms with van der Waals surface area (Å²) < 4.78 is 22.8. The van der Waals surface area contributed by atoms with E-state index in [1.54, 1.807) is 12.5 Å². The van der Waals surface area contributed by atoms with Gasteiger partial charge in [0.25, 0.3) is 0 Å². The average Bonchev–Trinajstić information content (AvgIpc) is 3.29. The molecule has 3 aliphatic heterocycles. The smallest absolute Gasteiger partial charge is 0.339 e. The predicted octanol–water partition coefficient (Wildman–Crippen LogP) is 2.77. The number of hydrogen-bond acceptors (Lipinski definition) is 6. The zero-order chi connectivity index (χ0) is 17.7. The van der Waals surface area contributed by atoms with Gasteiger partial charge in [-0.15, -0.1) is 0 Å². The molecular weight excluding hydrogens is 336 g/mol. The standard InChI is InChI=1S/C20H22O6/c1-11-7-15-19-10-24-17(22)20(19,26-15)5-2-3-14(19)18(11)8-13(25-16(18)21)12-4-6-23-9-12/h4,6,9,11,13-15H,2-3,5,7-8,10H2,1H3/t11-,13+,14+,15-,18-,19+,20-/m1/s1. The molecule has 0 N–H and O–H groups in total.